The highest BCUT2D eigenvalue weighted by molar-refractivity contribution is 7.88. The molecule has 1 aromatic carbocycles. The van der Waals surface area contributed by atoms with E-state index in [1.54, 1.807) is 24.3 Å². The largest absolute Gasteiger partial charge is 0.389 e. The van der Waals surface area contributed by atoms with Gasteiger partial charge in [0, 0.05) is 11.6 Å². The summed E-state index contributed by atoms with van der Waals surface area (Å²) in [5.74, 6) is 0.386. The molecule has 0 radical (unpaired) electrons. The number of hydrogen-bond acceptors (Lipinski definition) is 3. The highest BCUT2D eigenvalue weighted by Gasteiger charge is 2.16. The minimum atomic E-state index is -3.36. The first-order valence-corrected chi connectivity index (χ1v) is 8.64. The van der Waals surface area contributed by atoms with Crippen molar-refractivity contribution in [3.63, 3.8) is 0 Å². The molecule has 0 aliphatic carbocycles. The Morgan fingerprint density at radius 3 is 2.55 bits per heavy atom. The van der Waals surface area contributed by atoms with E-state index in [0.29, 0.717) is 17.0 Å². The summed E-state index contributed by atoms with van der Waals surface area (Å²) in [5, 5.41) is 0. The molecule has 1 rings (SSSR count). The average molecular weight is 314 g/mol. The first-order chi connectivity index (χ1) is 9.19. The van der Waals surface area contributed by atoms with Crippen LogP contribution >= 0.6 is 12.2 Å². The molecule has 112 valence electrons. The Labute approximate surface area is 126 Å². The molecule has 1 unspecified atom stereocenters. The second-order valence-corrected chi connectivity index (χ2v) is 7.67. The van der Waals surface area contributed by atoms with Gasteiger partial charge in [0.05, 0.1) is 5.75 Å². The van der Waals surface area contributed by atoms with Gasteiger partial charge < -0.3 is 5.73 Å². The van der Waals surface area contributed by atoms with E-state index in [4.69, 9.17) is 18.0 Å². The summed E-state index contributed by atoms with van der Waals surface area (Å²) < 4.78 is 26.9. The Balaban J connectivity index is 2.76. The molecule has 0 saturated heterocycles. The highest BCUT2D eigenvalue weighted by atomic mass is 32.2. The molecule has 0 aromatic heterocycles. The van der Waals surface area contributed by atoms with Crippen LogP contribution in [0, 0.1) is 5.92 Å². The Bertz CT molecular complexity index is 568. The van der Waals surface area contributed by atoms with Crippen LogP contribution in [0.4, 0.5) is 0 Å². The average Bonchev–Trinajstić information content (AvgIpc) is 2.26. The summed E-state index contributed by atoms with van der Waals surface area (Å²) in [5.41, 5.74) is 6.91. The SMILES string of the molecule is CC(C)CC(C)NS(=O)(=O)Cc1cccc(C(N)=S)c1. The lowest BCUT2D eigenvalue weighted by Gasteiger charge is -2.16. The molecule has 1 atom stereocenters. The second-order valence-electron chi connectivity index (χ2n) is 5.47. The van der Waals surface area contributed by atoms with Crippen LogP contribution in [-0.2, 0) is 15.8 Å². The molecule has 0 aliphatic rings. The first kappa shape index (κ1) is 17.1. The number of nitrogens with one attached hydrogen (secondary N) is 1. The zero-order valence-electron chi connectivity index (χ0n) is 12.1. The second kappa shape index (κ2) is 7.15. The van der Waals surface area contributed by atoms with Gasteiger partial charge in [-0.25, -0.2) is 13.1 Å². The third kappa shape index (κ3) is 5.98. The van der Waals surface area contributed by atoms with Crippen molar-refractivity contribution in [1.29, 1.82) is 0 Å². The summed E-state index contributed by atoms with van der Waals surface area (Å²) in [7, 11) is -3.36. The van der Waals surface area contributed by atoms with Crippen LogP contribution in [0.2, 0.25) is 0 Å². The Kier molecular flexibility index (Phi) is 6.10. The van der Waals surface area contributed by atoms with Crippen LogP contribution in [0.1, 0.15) is 38.3 Å². The van der Waals surface area contributed by atoms with E-state index in [1.165, 1.54) is 0 Å². The van der Waals surface area contributed by atoms with Crippen molar-refractivity contribution in [2.75, 3.05) is 0 Å². The standard InChI is InChI=1S/C14H22N2O2S2/c1-10(2)7-11(3)16-20(17,18)9-12-5-4-6-13(8-12)14(15)19/h4-6,8,10-11,16H,7,9H2,1-3H3,(H2,15,19). The quantitative estimate of drug-likeness (QED) is 0.757. The molecule has 0 spiro atoms. The summed E-state index contributed by atoms with van der Waals surface area (Å²) in [6, 6.07) is 6.94. The zero-order chi connectivity index (χ0) is 15.3. The summed E-state index contributed by atoms with van der Waals surface area (Å²) >= 11 is 4.89. The smallest absolute Gasteiger partial charge is 0.216 e. The van der Waals surface area contributed by atoms with Crippen LogP contribution in [-0.4, -0.2) is 19.4 Å². The van der Waals surface area contributed by atoms with Crippen LogP contribution < -0.4 is 10.5 Å². The molecule has 3 N–H and O–H groups in total. The van der Waals surface area contributed by atoms with E-state index >= 15 is 0 Å². The molecule has 6 heteroatoms. The number of hydrogen-bond donors (Lipinski definition) is 2. The van der Waals surface area contributed by atoms with Gasteiger partial charge in [0.1, 0.15) is 4.99 Å². The topological polar surface area (TPSA) is 72.2 Å². The molecular formula is C14H22N2O2S2. The number of nitrogens with two attached hydrogens (primary N) is 1. The number of thiocarbonyl (C=S) groups is 1. The van der Waals surface area contributed by atoms with Crippen LogP contribution in [0.5, 0.6) is 0 Å². The van der Waals surface area contributed by atoms with Gasteiger partial charge in [0.2, 0.25) is 10.0 Å². The van der Waals surface area contributed by atoms with Crippen LogP contribution in [0.15, 0.2) is 24.3 Å². The van der Waals surface area contributed by atoms with Crippen LogP contribution in [0.25, 0.3) is 0 Å². The molecule has 0 aliphatic heterocycles. The Morgan fingerprint density at radius 2 is 2.00 bits per heavy atom. The number of benzene rings is 1. The molecule has 0 saturated carbocycles. The summed E-state index contributed by atoms with van der Waals surface area (Å²) in [6.07, 6.45) is 0.812. The molecule has 0 amide bonds. The lowest BCUT2D eigenvalue weighted by atomic mass is 10.1. The Morgan fingerprint density at radius 1 is 1.35 bits per heavy atom. The summed E-state index contributed by atoms with van der Waals surface area (Å²) in [6.45, 7) is 6.01. The normalized spacial score (nSPS) is 13.4. The van der Waals surface area contributed by atoms with Gasteiger partial charge in [0.15, 0.2) is 0 Å². The molecule has 20 heavy (non-hydrogen) atoms. The fourth-order valence-corrected chi connectivity index (χ4v) is 3.68. The van der Waals surface area contributed by atoms with E-state index in [1.807, 2.05) is 6.92 Å². The van der Waals surface area contributed by atoms with Gasteiger partial charge in [-0.15, -0.1) is 0 Å². The first-order valence-electron chi connectivity index (χ1n) is 6.58. The fraction of sp³-hybridized carbons (Fsp3) is 0.500. The van der Waals surface area contributed by atoms with Crippen molar-refractivity contribution >= 4 is 27.2 Å². The molecule has 0 heterocycles. The lowest BCUT2D eigenvalue weighted by Crippen LogP contribution is -2.34. The molecule has 0 fully saturated rings. The predicted molar refractivity (Wildman–Crippen MR) is 87.0 cm³/mol. The minimum absolute atomic E-state index is 0.0636. The molecular weight excluding hydrogens is 292 g/mol. The van der Waals surface area contributed by atoms with Crippen molar-refractivity contribution in [3.8, 4) is 0 Å². The maximum atomic E-state index is 12.1. The maximum Gasteiger partial charge on any atom is 0.216 e. The van der Waals surface area contributed by atoms with Gasteiger partial charge >= 0.3 is 0 Å². The van der Waals surface area contributed by atoms with E-state index in [9.17, 15) is 8.42 Å². The van der Waals surface area contributed by atoms with Crippen molar-refractivity contribution in [2.45, 2.75) is 39.0 Å². The van der Waals surface area contributed by atoms with Crippen molar-refractivity contribution in [1.82, 2.24) is 4.72 Å². The van der Waals surface area contributed by atoms with Crippen molar-refractivity contribution < 1.29 is 8.42 Å². The van der Waals surface area contributed by atoms with Gasteiger partial charge in [-0.2, -0.15) is 0 Å². The third-order valence-corrected chi connectivity index (χ3v) is 4.48. The van der Waals surface area contributed by atoms with Gasteiger partial charge in [-0.1, -0.05) is 44.3 Å². The van der Waals surface area contributed by atoms with E-state index in [0.717, 1.165) is 6.42 Å². The van der Waals surface area contributed by atoms with Crippen molar-refractivity contribution in [3.05, 3.63) is 35.4 Å². The van der Waals surface area contributed by atoms with E-state index < -0.39 is 10.0 Å². The maximum absolute atomic E-state index is 12.1. The third-order valence-electron chi connectivity index (χ3n) is 2.77. The fourth-order valence-electron chi connectivity index (χ4n) is 2.14. The van der Waals surface area contributed by atoms with Crippen LogP contribution in [0.3, 0.4) is 0 Å². The lowest BCUT2D eigenvalue weighted by molar-refractivity contribution is 0.482. The molecule has 4 nitrogen and oxygen atoms in total. The molecule has 1 aromatic rings. The molecule has 0 bridgehead atoms. The summed E-state index contributed by atoms with van der Waals surface area (Å²) in [4.78, 5) is 0.269. The van der Waals surface area contributed by atoms with Gasteiger partial charge in [-0.3, -0.25) is 0 Å². The Hall–Kier alpha value is -0.980. The van der Waals surface area contributed by atoms with E-state index in [-0.39, 0.29) is 16.8 Å². The van der Waals surface area contributed by atoms with Crippen molar-refractivity contribution in [2.24, 2.45) is 11.7 Å². The monoisotopic (exact) mass is 314 g/mol. The number of rotatable bonds is 7. The van der Waals surface area contributed by atoms with Gasteiger partial charge in [0.25, 0.3) is 0 Å². The highest BCUT2D eigenvalue weighted by Crippen LogP contribution is 2.11. The number of sulfonamides is 1. The van der Waals surface area contributed by atoms with Gasteiger partial charge in [-0.05, 0) is 30.9 Å². The predicted octanol–water partition coefficient (Wildman–Crippen LogP) is 2.17. The van der Waals surface area contributed by atoms with E-state index in [2.05, 4.69) is 18.6 Å². The minimum Gasteiger partial charge on any atom is -0.389 e. The zero-order valence-corrected chi connectivity index (χ0v) is 13.7.